The van der Waals surface area contributed by atoms with Gasteiger partial charge in [-0.1, -0.05) is 12.1 Å². The van der Waals surface area contributed by atoms with Crippen molar-refractivity contribution < 1.29 is 8.42 Å². The smallest absolute Gasteiger partial charge is 0.218 e. The summed E-state index contributed by atoms with van der Waals surface area (Å²) < 4.78 is 26.2. The Morgan fingerprint density at radius 1 is 1.32 bits per heavy atom. The van der Waals surface area contributed by atoms with Crippen molar-refractivity contribution in [2.45, 2.75) is 12.2 Å². The van der Waals surface area contributed by atoms with Gasteiger partial charge in [-0.2, -0.15) is 5.26 Å². The van der Waals surface area contributed by atoms with E-state index in [1.807, 2.05) is 6.07 Å². The molecular weight excluding hydrogens is 262 g/mol. The van der Waals surface area contributed by atoms with Crippen LogP contribution in [0.2, 0.25) is 0 Å². The summed E-state index contributed by atoms with van der Waals surface area (Å²) >= 11 is 0. The van der Waals surface area contributed by atoms with Crippen LogP contribution in [0.4, 0.5) is 0 Å². The summed E-state index contributed by atoms with van der Waals surface area (Å²) in [5, 5.41) is 12.0. The first kappa shape index (κ1) is 14.0. The first-order chi connectivity index (χ1) is 9.12. The summed E-state index contributed by atoms with van der Waals surface area (Å²) in [6.07, 6.45) is 0.831. The average Bonchev–Trinajstić information content (AvgIpc) is 2.68. The lowest BCUT2D eigenvalue weighted by Crippen LogP contribution is -2.35. The molecule has 0 unspecified atom stereocenters. The van der Waals surface area contributed by atoms with E-state index in [0.717, 1.165) is 13.0 Å². The highest BCUT2D eigenvalue weighted by atomic mass is 32.2. The number of hydrogen-bond acceptors (Lipinski definition) is 4. The van der Waals surface area contributed by atoms with Crippen molar-refractivity contribution in [2.24, 2.45) is 0 Å². The molecule has 5 nitrogen and oxygen atoms in total. The Bertz CT molecular complexity index is 570. The molecule has 6 heteroatoms. The van der Waals surface area contributed by atoms with Crippen LogP contribution in [0, 0.1) is 11.3 Å². The fourth-order valence-electron chi connectivity index (χ4n) is 2.13. The van der Waals surface area contributed by atoms with Gasteiger partial charge in [0.2, 0.25) is 10.0 Å². The predicted octanol–water partition coefficient (Wildman–Crippen LogP) is 0.683. The van der Waals surface area contributed by atoms with E-state index in [-0.39, 0.29) is 5.75 Å². The minimum atomic E-state index is -3.30. The lowest BCUT2D eigenvalue weighted by molar-refractivity contribution is 0.431. The van der Waals surface area contributed by atoms with Gasteiger partial charge in [-0.25, -0.2) is 12.7 Å². The van der Waals surface area contributed by atoms with Gasteiger partial charge in [-0.3, -0.25) is 0 Å². The molecule has 2 rings (SSSR count). The zero-order valence-electron chi connectivity index (χ0n) is 10.7. The Balaban J connectivity index is 2.13. The molecule has 0 aliphatic carbocycles. The summed E-state index contributed by atoms with van der Waals surface area (Å²) in [6, 6.07) is 8.79. The van der Waals surface area contributed by atoms with Crippen molar-refractivity contribution in [3.63, 3.8) is 0 Å². The van der Waals surface area contributed by atoms with Gasteiger partial charge in [-0.15, -0.1) is 0 Å². The van der Waals surface area contributed by atoms with E-state index in [2.05, 4.69) is 5.32 Å². The van der Waals surface area contributed by atoms with E-state index in [4.69, 9.17) is 5.26 Å². The summed E-state index contributed by atoms with van der Waals surface area (Å²) in [7, 11) is -3.30. The Kier molecular flexibility index (Phi) is 4.53. The molecule has 1 aliphatic heterocycles. The Hall–Kier alpha value is -1.42. The highest BCUT2D eigenvalue weighted by molar-refractivity contribution is 7.88. The molecule has 0 aromatic heterocycles. The van der Waals surface area contributed by atoms with Gasteiger partial charge in [0.15, 0.2) is 0 Å². The number of benzene rings is 1. The van der Waals surface area contributed by atoms with Gasteiger partial charge >= 0.3 is 0 Å². The highest BCUT2D eigenvalue weighted by Crippen LogP contribution is 2.13. The number of hydrogen-bond donors (Lipinski definition) is 1. The number of nitriles is 1. The van der Waals surface area contributed by atoms with Gasteiger partial charge in [-0.05, 0) is 30.7 Å². The second-order valence-corrected chi connectivity index (χ2v) is 6.54. The number of nitrogens with zero attached hydrogens (tertiary/aromatic N) is 2. The fraction of sp³-hybridized carbons (Fsp3) is 0.462. The lowest BCUT2D eigenvalue weighted by Gasteiger charge is -2.19. The van der Waals surface area contributed by atoms with Crippen molar-refractivity contribution in [3.05, 3.63) is 35.4 Å². The molecule has 102 valence electrons. The van der Waals surface area contributed by atoms with Crippen LogP contribution in [-0.4, -0.2) is 38.9 Å². The van der Waals surface area contributed by atoms with Crippen molar-refractivity contribution in [2.75, 3.05) is 26.2 Å². The number of sulfonamides is 1. The van der Waals surface area contributed by atoms with E-state index < -0.39 is 10.0 Å². The van der Waals surface area contributed by atoms with Crippen LogP contribution in [0.15, 0.2) is 24.3 Å². The van der Waals surface area contributed by atoms with Crippen LogP contribution < -0.4 is 5.32 Å². The fourth-order valence-corrected chi connectivity index (χ4v) is 3.69. The Morgan fingerprint density at radius 3 is 2.95 bits per heavy atom. The van der Waals surface area contributed by atoms with Crippen LogP contribution in [0.25, 0.3) is 0 Å². The molecule has 19 heavy (non-hydrogen) atoms. The highest BCUT2D eigenvalue weighted by Gasteiger charge is 2.23. The molecule has 1 saturated heterocycles. The predicted molar refractivity (Wildman–Crippen MR) is 72.8 cm³/mol. The number of nitrogens with one attached hydrogen (secondary N) is 1. The van der Waals surface area contributed by atoms with Crippen LogP contribution in [0.3, 0.4) is 0 Å². The van der Waals surface area contributed by atoms with Crippen LogP contribution >= 0.6 is 0 Å². The van der Waals surface area contributed by atoms with E-state index in [1.165, 1.54) is 4.31 Å². The van der Waals surface area contributed by atoms with Crippen molar-refractivity contribution in [1.82, 2.24) is 9.62 Å². The third-order valence-corrected chi connectivity index (χ3v) is 4.95. The maximum Gasteiger partial charge on any atom is 0.218 e. The Morgan fingerprint density at radius 2 is 2.16 bits per heavy atom. The largest absolute Gasteiger partial charge is 0.315 e. The van der Waals surface area contributed by atoms with Crippen molar-refractivity contribution >= 4 is 10.0 Å². The quantitative estimate of drug-likeness (QED) is 0.883. The molecule has 0 amide bonds. The zero-order chi connectivity index (χ0) is 13.7. The van der Waals surface area contributed by atoms with E-state index in [0.29, 0.717) is 30.8 Å². The zero-order valence-corrected chi connectivity index (χ0v) is 11.5. The van der Waals surface area contributed by atoms with Crippen LogP contribution in [0.1, 0.15) is 17.5 Å². The second-order valence-electron chi connectivity index (χ2n) is 4.57. The van der Waals surface area contributed by atoms with Gasteiger partial charge in [0.1, 0.15) is 0 Å². The molecule has 1 N–H and O–H groups in total. The standard InChI is InChI=1S/C13H17N3O2S/c14-10-12-3-1-4-13(9-12)11-19(17,18)16-7-2-5-15-6-8-16/h1,3-4,9,15H,2,5-8,11H2. The summed E-state index contributed by atoms with van der Waals surface area (Å²) in [5.41, 5.74) is 1.15. The van der Waals surface area contributed by atoms with Gasteiger partial charge in [0.25, 0.3) is 0 Å². The first-order valence-electron chi connectivity index (χ1n) is 6.29. The lowest BCUT2D eigenvalue weighted by atomic mass is 10.2. The molecular formula is C13H17N3O2S. The van der Waals surface area contributed by atoms with Gasteiger partial charge < -0.3 is 5.32 Å². The molecule has 0 spiro atoms. The van der Waals surface area contributed by atoms with Crippen molar-refractivity contribution in [3.8, 4) is 6.07 Å². The molecule has 0 saturated carbocycles. The molecule has 1 aromatic carbocycles. The second kappa shape index (κ2) is 6.15. The third kappa shape index (κ3) is 3.77. The molecule has 1 aromatic rings. The van der Waals surface area contributed by atoms with E-state index >= 15 is 0 Å². The number of rotatable bonds is 3. The summed E-state index contributed by atoms with van der Waals surface area (Å²) in [4.78, 5) is 0. The van der Waals surface area contributed by atoms with Crippen LogP contribution in [0.5, 0.6) is 0 Å². The maximum atomic E-state index is 12.3. The monoisotopic (exact) mass is 279 g/mol. The van der Waals surface area contributed by atoms with E-state index in [1.54, 1.807) is 24.3 Å². The molecule has 1 fully saturated rings. The van der Waals surface area contributed by atoms with Crippen LogP contribution in [-0.2, 0) is 15.8 Å². The maximum absolute atomic E-state index is 12.3. The summed E-state index contributed by atoms with van der Waals surface area (Å²) in [5.74, 6) is -0.0392. The molecule has 0 bridgehead atoms. The molecule has 0 radical (unpaired) electrons. The topological polar surface area (TPSA) is 73.2 Å². The van der Waals surface area contributed by atoms with E-state index in [9.17, 15) is 8.42 Å². The summed E-state index contributed by atoms with van der Waals surface area (Å²) in [6.45, 7) is 2.63. The SMILES string of the molecule is N#Cc1cccc(CS(=O)(=O)N2CCCNCC2)c1. The molecule has 1 heterocycles. The minimum Gasteiger partial charge on any atom is -0.315 e. The van der Waals surface area contributed by atoms with Crippen molar-refractivity contribution in [1.29, 1.82) is 5.26 Å². The molecule has 0 atom stereocenters. The third-order valence-electron chi connectivity index (χ3n) is 3.10. The average molecular weight is 279 g/mol. The Labute approximate surface area is 113 Å². The minimum absolute atomic E-state index is 0.0392. The molecule has 1 aliphatic rings. The first-order valence-corrected chi connectivity index (χ1v) is 7.90. The van der Waals surface area contributed by atoms with Gasteiger partial charge in [0, 0.05) is 19.6 Å². The normalized spacial score (nSPS) is 17.6. The van der Waals surface area contributed by atoms with Gasteiger partial charge in [0.05, 0.1) is 17.4 Å².